The van der Waals surface area contributed by atoms with E-state index in [1.165, 1.54) is 0 Å². The Morgan fingerprint density at radius 2 is 2.12 bits per heavy atom. The summed E-state index contributed by atoms with van der Waals surface area (Å²) in [6.07, 6.45) is 7.12. The quantitative estimate of drug-likeness (QED) is 0.791. The van der Waals surface area contributed by atoms with E-state index in [1.807, 2.05) is 32.9 Å². The van der Waals surface area contributed by atoms with Crippen molar-refractivity contribution in [2.75, 3.05) is 5.73 Å². The Kier molecular flexibility index (Phi) is 6.96. The van der Waals surface area contributed by atoms with Crippen molar-refractivity contribution in [1.29, 1.82) is 0 Å². The van der Waals surface area contributed by atoms with Gasteiger partial charge in [-0.15, -0.1) is 0 Å². The lowest BCUT2D eigenvalue weighted by Gasteiger charge is -1.96. The number of allylic oxidation sites excluding steroid dienone is 5. The summed E-state index contributed by atoms with van der Waals surface area (Å²) < 4.78 is 0. The van der Waals surface area contributed by atoms with Crippen molar-refractivity contribution in [3.05, 3.63) is 36.6 Å². The maximum absolute atomic E-state index is 9.52. The van der Waals surface area contributed by atoms with Gasteiger partial charge in [-0.05, 0) is 6.92 Å². The van der Waals surface area contributed by atoms with Crippen molar-refractivity contribution in [1.82, 2.24) is 4.98 Å². The minimum atomic E-state index is 0.133. The molecule has 0 fully saturated rings. The summed E-state index contributed by atoms with van der Waals surface area (Å²) in [5.74, 6) is 0. The molecule has 1 aromatic heterocycles. The Labute approximate surface area is 101 Å². The van der Waals surface area contributed by atoms with Gasteiger partial charge in [0.25, 0.3) is 0 Å². The summed E-state index contributed by atoms with van der Waals surface area (Å²) in [6, 6.07) is 0. The van der Waals surface area contributed by atoms with Crippen LogP contribution in [0.25, 0.3) is 5.57 Å². The first-order valence-electron chi connectivity index (χ1n) is 5.10. The monoisotopic (exact) mass is 238 g/mol. The van der Waals surface area contributed by atoms with Gasteiger partial charge >= 0.3 is 0 Å². The molecule has 3 nitrogen and oxygen atoms in total. The van der Waals surface area contributed by atoms with E-state index in [2.05, 4.69) is 11.6 Å². The predicted octanol–water partition coefficient (Wildman–Crippen LogP) is 3.60. The van der Waals surface area contributed by atoms with Gasteiger partial charge in [-0.2, -0.15) is 0 Å². The molecule has 88 valence electrons. The summed E-state index contributed by atoms with van der Waals surface area (Å²) in [4.78, 5) is 4.03. The van der Waals surface area contributed by atoms with Crippen molar-refractivity contribution in [2.45, 2.75) is 20.8 Å². The lowest BCUT2D eigenvalue weighted by Crippen LogP contribution is -1.85. The van der Waals surface area contributed by atoms with Crippen LogP contribution in [0.3, 0.4) is 0 Å². The molecule has 1 heterocycles. The lowest BCUT2D eigenvalue weighted by atomic mass is 10.1. The van der Waals surface area contributed by atoms with Crippen LogP contribution >= 0.6 is 11.3 Å². The number of aromatic nitrogens is 1. The van der Waals surface area contributed by atoms with Crippen molar-refractivity contribution >= 4 is 22.0 Å². The molecular formula is C12H18N2OS. The standard InChI is InChI=1S/C10H12N2OS.C2H6/c1-3-5-7(6-4-2)8-9(13)14-10(11)12-8;1-2/h3-6,13H,1H2,2H3,(H2,11,12);1-2H3/b6-4-,7-5+;. The smallest absolute Gasteiger partial charge is 0.201 e. The van der Waals surface area contributed by atoms with Crippen LogP contribution in [0.15, 0.2) is 30.9 Å². The topological polar surface area (TPSA) is 59.1 Å². The number of anilines is 1. The van der Waals surface area contributed by atoms with Crippen LogP contribution < -0.4 is 5.73 Å². The Hall–Kier alpha value is -1.55. The highest BCUT2D eigenvalue weighted by Gasteiger charge is 2.10. The zero-order valence-corrected chi connectivity index (χ0v) is 10.7. The van der Waals surface area contributed by atoms with Gasteiger partial charge in [-0.3, -0.25) is 0 Å². The van der Waals surface area contributed by atoms with Gasteiger partial charge in [0.05, 0.1) is 0 Å². The normalized spacial score (nSPS) is 11.1. The number of nitrogen functional groups attached to an aromatic ring is 1. The van der Waals surface area contributed by atoms with Crippen LogP contribution in [-0.2, 0) is 0 Å². The second-order valence-electron chi connectivity index (χ2n) is 2.56. The van der Waals surface area contributed by atoms with Crippen LogP contribution in [0.5, 0.6) is 5.06 Å². The largest absolute Gasteiger partial charge is 0.498 e. The molecule has 0 atom stereocenters. The third-order valence-corrected chi connectivity index (χ3v) is 2.23. The Balaban J connectivity index is 0.00000106. The molecule has 0 spiro atoms. The van der Waals surface area contributed by atoms with Gasteiger partial charge in [-0.1, -0.05) is 56.1 Å². The summed E-state index contributed by atoms with van der Waals surface area (Å²) in [5.41, 5.74) is 6.78. The number of hydrogen-bond donors (Lipinski definition) is 2. The van der Waals surface area contributed by atoms with Gasteiger partial charge in [0.15, 0.2) is 5.13 Å². The van der Waals surface area contributed by atoms with Crippen molar-refractivity contribution in [2.24, 2.45) is 0 Å². The van der Waals surface area contributed by atoms with E-state index >= 15 is 0 Å². The number of aromatic hydroxyl groups is 1. The van der Waals surface area contributed by atoms with Crippen LogP contribution in [0, 0.1) is 0 Å². The summed E-state index contributed by atoms with van der Waals surface area (Å²) in [7, 11) is 0. The molecular weight excluding hydrogens is 220 g/mol. The van der Waals surface area contributed by atoms with Gasteiger partial charge in [0.1, 0.15) is 5.69 Å². The zero-order chi connectivity index (χ0) is 12.6. The second kappa shape index (κ2) is 7.70. The van der Waals surface area contributed by atoms with Gasteiger partial charge < -0.3 is 10.8 Å². The lowest BCUT2D eigenvalue weighted by molar-refractivity contribution is 0.487. The molecule has 0 amide bonds. The second-order valence-corrected chi connectivity index (χ2v) is 3.57. The summed E-state index contributed by atoms with van der Waals surface area (Å²) in [5, 5.41) is 10.0. The average molecular weight is 238 g/mol. The fourth-order valence-corrected chi connectivity index (χ4v) is 1.63. The minimum absolute atomic E-state index is 0.133. The number of nitrogens with zero attached hydrogens (tertiary/aromatic N) is 1. The fourth-order valence-electron chi connectivity index (χ4n) is 1.04. The Bertz CT molecular complexity index is 392. The molecule has 1 rings (SSSR count). The van der Waals surface area contributed by atoms with Crippen LogP contribution in [0.2, 0.25) is 0 Å². The van der Waals surface area contributed by atoms with Crippen LogP contribution in [0.4, 0.5) is 5.13 Å². The van der Waals surface area contributed by atoms with Gasteiger partial charge in [0, 0.05) is 5.57 Å². The minimum Gasteiger partial charge on any atom is -0.498 e. The highest BCUT2D eigenvalue weighted by Crippen LogP contribution is 2.32. The molecule has 0 unspecified atom stereocenters. The maximum Gasteiger partial charge on any atom is 0.201 e. The van der Waals surface area contributed by atoms with Crippen LogP contribution in [-0.4, -0.2) is 10.1 Å². The number of hydrogen-bond acceptors (Lipinski definition) is 4. The zero-order valence-electron chi connectivity index (χ0n) is 9.90. The Morgan fingerprint density at radius 3 is 2.50 bits per heavy atom. The first kappa shape index (κ1) is 14.5. The van der Waals surface area contributed by atoms with Gasteiger partial charge in [-0.25, -0.2) is 4.98 Å². The molecule has 0 radical (unpaired) electrons. The van der Waals surface area contributed by atoms with Crippen molar-refractivity contribution < 1.29 is 5.11 Å². The highest BCUT2D eigenvalue weighted by molar-refractivity contribution is 7.17. The number of rotatable bonds is 3. The molecule has 0 bridgehead atoms. The first-order chi connectivity index (χ1) is 7.69. The molecule has 4 heteroatoms. The first-order valence-corrected chi connectivity index (χ1v) is 5.91. The van der Waals surface area contributed by atoms with E-state index in [4.69, 9.17) is 5.73 Å². The third-order valence-electron chi connectivity index (χ3n) is 1.54. The third kappa shape index (κ3) is 3.90. The average Bonchev–Trinajstić information content (AvgIpc) is 2.60. The van der Waals surface area contributed by atoms with Gasteiger partial charge in [0.2, 0.25) is 5.06 Å². The van der Waals surface area contributed by atoms with E-state index in [9.17, 15) is 5.11 Å². The summed E-state index contributed by atoms with van der Waals surface area (Å²) in [6.45, 7) is 9.49. The molecule has 0 aliphatic rings. The number of nitrogens with two attached hydrogens (primary N) is 1. The molecule has 0 aliphatic carbocycles. The van der Waals surface area contributed by atoms with Crippen molar-refractivity contribution in [3.8, 4) is 5.06 Å². The molecule has 3 N–H and O–H groups in total. The molecule has 0 saturated carbocycles. The maximum atomic E-state index is 9.52. The van der Waals surface area contributed by atoms with E-state index in [-0.39, 0.29) is 5.06 Å². The van der Waals surface area contributed by atoms with E-state index in [1.54, 1.807) is 12.2 Å². The number of thiazole rings is 1. The van der Waals surface area contributed by atoms with E-state index < -0.39 is 0 Å². The molecule has 0 saturated heterocycles. The molecule has 0 aromatic carbocycles. The Morgan fingerprint density at radius 1 is 1.50 bits per heavy atom. The summed E-state index contributed by atoms with van der Waals surface area (Å²) >= 11 is 1.06. The SMILES string of the molecule is C=C/C=C(\C=C/C)c1nc(N)sc1O.CC. The van der Waals surface area contributed by atoms with Crippen LogP contribution in [0.1, 0.15) is 26.5 Å². The molecule has 0 aliphatic heterocycles. The highest BCUT2D eigenvalue weighted by atomic mass is 32.1. The fraction of sp³-hybridized carbons (Fsp3) is 0.250. The van der Waals surface area contributed by atoms with E-state index in [0.717, 1.165) is 16.9 Å². The molecule has 16 heavy (non-hydrogen) atoms. The van der Waals surface area contributed by atoms with Crippen molar-refractivity contribution in [3.63, 3.8) is 0 Å². The van der Waals surface area contributed by atoms with E-state index in [0.29, 0.717) is 10.8 Å². The molecule has 1 aromatic rings. The predicted molar refractivity (Wildman–Crippen MR) is 72.5 cm³/mol.